The molecular weight excluding hydrogens is 458 g/mol. The first-order valence-electron chi connectivity index (χ1n) is 10.1. The zero-order valence-corrected chi connectivity index (χ0v) is 19.2. The molecule has 11 N–H and O–H groups in total. The summed E-state index contributed by atoms with van der Waals surface area (Å²) in [5, 5.41) is 24.7. The van der Waals surface area contributed by atoms with Crippen molar-refractivity contribution < 1.29 is 34.2 Å². The van der Waals surface area contributed by atoms with Gasteiger partial charge in [-0.05, 0) is 37.7 Å². The number of rotatable bonds is 17. The Balaban J connectivity index is 5.31. The van der Waals surface area contributed by atoms with Crippen molar-refractivity contribution in [2.45, 2.75) is 50.2 Å². The SMILES string of the molecule is CSCCC(NC(=O)C(CCCN=C(N)N)NC(=O)C(N)CCC(=O)O)C(=O)NCC(=O)O. The van der Waals surface area contributed by atoms with Gasteiger partial charge < -0.3 is 43.4 Å². The lowest BCUT2D eigenvalue weighted by Crippen LogP contribution is -2.56. The van der Waals surface area contributed by atoms with Gasteiger partial charge >= 0.3 is 11.9 Å². The fourth-order valence-electron chi connectivity index (χ4n) is 2.52. The summed E-state index contributed by atoms with van der Waals surface area (Å²) in [6.45, 7) is -0.427. The molecular formula is C18H33N7O7S. The van der Waals surface area contributed by atoms with E-state index in [0.717, 1.165) is 0 Å². The maximum atomic E-state index is 12.9. The lowest BCUT2D eigenvalue weighted by Gasteiger charge is -2.24. The van der Waals surface area contributed by atoms with E-state index < -0.39 is 54.3 Å². The molecule has 0 fully saturated rings. The molecule has 0 aromatic rings. The molecule has 14 nitrogen and oxygen atoms in total. The van der Waals surface area contributed by atoms with Crippen LogP contribution in [0.4, 0.5) is 0 Å². The maximum Gasteiger partial charge on any atom is 0.322 e. The van der Waals surface area contributed by atoms with Crippen molar-refractivity contribution >= 4 is 47.4 Å². The van der Waals surface area contributed by atoms with E-state index in [2.05, 4.69) is 20.9 Å². The van der Waals surface area contributed by atoms with Gasteiger partial charge in [0.25, 0.3) is 0 Å². The molecule has 188 valence electrons. The number of amides is 3. The first-order chi connectivity index (χ1) is 15.5. The average molecular weight is 492 g/mol. The number of aliphatic carboxylic acids is 2. The van der Waals surface area contributed by atoms with Crippen LogP contribution in [0, 0.1) is 0 Å². The van der Waals surface area contributed by atoms with Gasteiger partial charge in [-0.25, -0.2) is 0 Å². The fraction of sp³-hybridized carbons (Fsp3) is 0.667. The smallest absolute Gasteiger partial charge is 0.322 e. The minimum atomic E-state index is -1.24. The first-order valence-corrected chi connectivity index (χ1v) is 11.5. The van der Waals surface area contributed by atoms with Crippen LogP contribution in [0.3, 0.4) is 0 Å². The van der Waals surface area contributed by atoms with Crippen LogP contribution >= 0.6 is 11.8 Å². The molecule has 0 rings (SSSR count). The van der Waals surface area contributed by atoms with Crippen LogP contribution in [0.5, 0.6) is 0 Å². The molecule has 0 bridgehead atoms. The molecule has 0 aromatic heterocycles. The average Bonchev–Trinajstić information content (AvgIpc) is 2.74. The number of guanidine groups is 1. The molecule has 3 atom stereocenters. The number of carboxylic acids is 2. The summed E-state index contributed by atoms with van der Waals surface area (Å²) in [7, 11) is 0. The normalized spacial score (nSPS) is 13.2. The number of aliphatic imine (C=N–C) groups is 1. The Morgan fingerprint density at radius 3 is 2.06 bits per heavy atom. The molecule has 15 heteroatoms. The number of nitrogens with one attached hydrogen (secondary N) is 3. The van der Waals surface area contributed by atoms with Crippen molar-refractivity contribution in [1.82, 2.24) is 16.0 Å². The van der Waals surface area contributed by atoms with Crippen molar-refractivity contribution in [3.8, 4) is 0 Å². The summed E-state index contributed by atoms with van der Waals surface area (Å²) < 4.78 is 0. The molecule has 33 heavy (non-hydrogen) atoms. The van der Waals surface area contributed by atoms with Gasteiger partial charge in [0.05, 0.1) is 6.04 Å². The van der Waals surface area contributed by atoms with Crippen LogP contribution in [0.15, 0.2) is 4.99 Å². The van der Waals surface area contributed by atoms with E-state index in [1.165, 1.54) is 11.8 Å². The summed E-state index contributed by atoms with van der Waals surface area (Å²) in [4.78, 5) is 62.8. The minimum absolute atomic E-state index is 0.103. The second kappa shape index (κ2) is 16.5. The van der Waals surface area contributed by atoms with Crippen LogP contribution in [0.25, 0.3) is 0 Å². The highest BCUT2D eigenvalue weighted by Gasteiger charge is 2.28. The number of thioether (sulfide) groups is 1. The molecule has 0 aromatic carbocycles. The van der Waals surface area contributed by atoms with E-state index in [9.17, 15) is 24.0 Å². The number of carbonyl (C=O) groups excluding carboxylic acids is 3. The van der Waals surface area contributed by atoms with E-state index in [1.807, 2.05) is 0 Å². The monoisotopic (exact) mass is 491 g/mol. The quantitative estimate of drug-likeness (QED) is 0.0584. The van der Waals surface area contributed by atoms with Crippen molar-refractivity contribution in [2.75, 3.05) is 25.1 Å². The summed E-state index contributed by atoms with van der Waals surface area (Å²) in [6.07, 6.45) is 1.99. The largest absolute Gasteiger partial charge is 0.481 e. The number of nitrogens with zero attached hydrogens (tertiary/aromatic N) is 1. The van der Waals surface area contributed by atoms with Crippen LogP contribution < -0.4 is 33.2 Å². The fourth-order valence-corrected chi connectivity index (χ4v) is 3.00. The van der Waals surface area contributed by atoms with Gasteiger partial charge in [-0.3, -0.25) is 29.0 Å². The highest BCUT2D eigenvalue weighted by Crippen LogP contribution is 2.05. The standard InChI is InChI=1S/C18H33N7O7S/c1-33-8-6-12(16(31)23-9-14(28)29)25-17(32)11(3-2-7-22-18(20)21)24-15(30)10(19)4-5-13(26)27/h10-12H,2-9,19H2,1H3,(H,23,31)(H,24,30)(H,25,32)(H,26,27)(H,28,29)(H4,20,21,22). The molecule has 0 saturated heterocycles. The lowest BCUT2D eigenvalue weighted by molar-refractivity contribution is -0.139. The van der Waals surface area contributed by atoms with E-state index in [0.29, 0.717) is 12.2 Å². The van der Waals surface area contributed by atoms with Crippen molar-refractivity contribution in [2.24, 2.45) is 22.2 Å². The summed E-state index contributed by atoms with van der Waals surface area (Å²) >= 11 is 1.43. The predicted octanol–water partition coefficient (Wildman–Crippen LogP) is -2.84. The van der Waals surface area contributed by atoms with Gasteiger partial charge in [-0.2, -0.15) is 11.8 Å². The molecule has 0 aliphatic rings. The maximum absolute atomic E-state index is 12.9. The minimum Gasteiger partial charge on any atom is -0.481 e. The second-order valence-corrected chi connectivity index (χ2v) is 7.99. The Kier molecular flexibility index (Phi) is 15.0. The van der Waals surface area contributed by atoms with E-state index in [1.54, 1.807) is 6.26 Å². The molecule has 0 spiro atoms. The van der Waals surface area contributed by atoms with Gasteiger partial charge in [0.2, 0.25) is 17.7 Å². The summed E-state index contributed by atoms with van der Waals surface area (Å²) in [5.74, 6) is -4.07. The van der Waals surface area contributed by atoms with Gasteiger partial charge in [-0.1, -0.05) is 0 Å². The summed E-state index contributed by atoms with van der Waals surface area (Å²) in [6, 6.07) is -3.28. The number of nitrogens with two attached hydrogens (primary N) is 3. The topological polar surface area (TPSA) is 252 Å². The van der Waals surface area contributed by atoms with Gasteiger partial charge in [0, 0.05) is 13.0 Å². The molecule has 0 radical (unpaired) electrons. The Hall–Kier alpha value is -3.07. The van der Waals surface area contributed by atoms with Crippen LogP contribution in [-0.2, 0) is 24.0 Å². The Morgan fingerprint density at radius 1 is 0.909 bits per heavy atom. The van der Waals surface area contributed by atoms with Crippen LogP contribution in [-0.4, -0.2) is 89.1 Å². The number of carbonyl (C=O) groups is 5. The highest BCUT2D eigenvalue weighted by atomic mass is 32.2. The highest BCUT2D eigenvalue weighted by molar-refractivity contribution is 7.98. The molecule has 0 saturated carbocycles. The zero-order valence-electron chi connectivity index (χ0n) is 18.4. The predicted molar refractivity (Wildman–Crippen MR) is 122 cm³/mol. The Labute approximate surface area is 195 Å². The molecule has 3 amide bonds. The van der Waals surface area contributed by atoms with E-state index in [4.69, 9.17) is 27.4 Å². The second-order valence-electron chi connectivity index (χ2n) is 7.00. The Bertz CT molecular complexity index is 716. The third kappa shape index (κ3) is 14.6. The zero-order chi connectivity index (χ0) is 25.4. The number of hydrogen-bond donors (Lipinski definition) is 8. The lowest BCUT2D eigenvalue weighted by atomic mass is 10.1. The first kappa shape index (κ1) is 29.9. The number of carboxylic acid groups (broad SMARTS) is 2. The van der Waals surface area contributed by atoms with Gasteiger partial charge in [0.15, 0.2) is 5.96 Å². The molecule has 3 unspecified atom stereocenters. The number of hydrogen-bond acceptors (Lipinski definition) is 8. The van der Waals surface area contributed by atoms with E-state index >= 15 is 0 Å². The van der Waals surface area contributed by atoms with Crippen molar-refractivity contribution in [3.63, 3.8) is 0 Å². The van der Waals surface area contributed by atoms with Gasteiger partial charge in [0.1, 0.15) is 18.6 Å². The van der Waals surface area contributed by atoms with E-state index in [-0.39, 0.29) is 38.2 Å². The van der Waals surface area contributed by atoms with Crippen LogP contribution in [0.2, 0.25) is 0 Å². The third-order valence-corrected chi connectivity index (χ3v) is 4.89. The molecule has 0 heterocycles. The summed E-state index contributed by atoms with van der Waals surface area (Å²) in [5.41, 5.74) is 16.2. The van der Waals surface area contributed by atoms with Crippen molar-refractivity contribution in [3.05, 3.63) is 0 Å². The van der Waals surface area contributed by atoms with Gasteiger partial charge in [-0.15, -0.1) is 0 Å². The Morgan fingerprint density at radius 2 is 1.52 bits per heavy atom. The third-order valence-electron chi connectivity index (χ3n) is 4.24. The van der Waals surface area contributed by atoms with Crippen LogP contribution in [0.1, 0.15) is 32.1 Å². The molecule has 0 aliphatic carbocycles. The van der Waals surface area contributed by atoms with Crippen molar-refractivity contribution in [1.29, 1.82) is 0 Å². The molecule has 0 aliphatic heterocycles.